The van der Waals surface area contributed by atoms with Crippen molar-refractivity contribution in [3.8, 4) is 17.2 Å². The predicted molar refractivity (Wildman–Crippen MR) is 395 cm³/mol. The van der Waals surface area contributed by atoms with Crippen LogP contribution >= 0.6 is 0 Å². The number of unbranched alkanes of at least 4 members (excludes halogenated alkanes) is 1. The van der Waals surface area contributed by atoms with Crippen LogP contribution in [0.2, 0.25) is 0 Å². The Balaban J connectivity index is 0.757. The molecule has 3 saturated carbocycles. The standard InChI is InChI=1S/C83H104N6O12/c1-57(2)18-16-19-58(3)72-43-44-73-71-42-29-61-55-70(47-49-82(61,4)74(71)48-50-83(72,73)5)99-53-17-51-84-77(90)45-46-78(91)86-76(54-59-27-36-67(97-6)37-28-59)80(93)87-75(79(92)85-62-30-25-60(26-31-62)56-100-81(94)101-69-38-32-63(33-39-69)88(95)96)24-14-15-52-89(64-20-10-8-11-21-64,65-22-12-9-13-23-65)66-34-40-68(98-7)41-35-66/h8-13,20-23,25-41,57-58,70-76H,14-19,24,42-56H2,1-7H3,(H3-,84,85,86,87,90,91,92,93)/p+1/t58-,70+,71+,72-,73+,74+,75+,76+,82+,83-/m1/s1. The van der Waals surface area contributed by atoms with Crippen molar-refractivity contribution >= 4 is 58.2 Å². The van der Waals surface area contributed by atoms with E-state index in [1.807, 2.05) is 60.7 Å². The van der Waals surface area contributed by atoms with Crippen molar-refractivity contribution in [2.75, 3.05) is 39.2 Å². The third kappa shape index (κ3) is 19.0. The zero-order valence-electron chi connectivity index (χ0n) is 60.1. The molecule has 18 nitrogen and oxygen atoms in total. The zero-order valence-corrected chi connectivity index (χ0v) is 60.1. The van der Waals surface area contributed by atoms with Gasteiger partial charge in [-0.15, -0.1) is 0 Å². The Morgan fingerprint density at radius 1 is 0.624 bits per heavy atom. The molecule has 0 aromatic heterocycles. The Morgan fingerprint density at radius 2 is 1.26 bits per heavy atom. The van der Waals surface area contributed by atoms with Crippen molar-refractivity contribution in [1.82, 2.24) is 20.4 Å². The van der Waals surface area contributed by atoms with E-state index in [-0.39, 0.29) is 61.2 Å². The van der Waals surface area contributed by atoms with E-state index < -0.39 is 40.9 Å². The van der Waals surface area contributed by atoms with Gasteiger partial charge < -0.3 is 45.0 Å². The average molecular weight is 1380 g/mol. The largest absolute Gasteiger partial charge is 0.514 e. The molecule has 101 heavy (non-hydrogen) atoms. The van der Waals surface area contributed by atoms with Crippen LogP contribution in [0.15, 0.2) is 169 Å². The first-order valence-electron chi connectivity index (χ1n) is 36.7. The quantitative estimate of drug-likeness (QED) is 0.00563. The number of carbonyl (C=O) groups excluding carboxylic acids is 5. The Bertz CT molecular complexity index is 3700. The highest BCUT2D eigenvalue weighted by Gasteiger charge is 2.59. The third-order valence-electron chi connectivity index (χ3n) is 22.7. The van der Waals surface area contributed by atoms with E-state index in [0.717, 1.165) is 83.1 Å². The van der Waals surface area contributed by atoms with Gasteiger partial charge in [-0.2, -0.15) is 0 Å². The maximum atomic E-state index is 14.9. The number of amides is 4. The molecule has 0 radical (unpaired) electrons. The van der Waals surface area contributed by atoms with Crippen molar-refractivity contribution in [2.24, 2.45) is 46.3 Å². The van der Waals surface area contributed by atoms with Gasteiger partial charge in [-0.05, 0) is 207 Å². The molecular formula is C83H105N6O12+. The van der Waals surface area contributed by atoms with E-state index in [4.69, 9.17) is 23.7 Å². The molecule has 538 valence electrons. The molecule has 0 bridgehead atoms. The lowest BCUT2D eigenvalue weighted by molar-refractivity contribution is -0.384. The van der Waals surface area contributed by atoms with Crippen LogP contribution in [0.4, 0.5) is 33.2 Å². The molecule has 4 amide bonds. The van der Waals surface area contributed by atoms with Gasteiger partial charge in [-0.1, -0.05) is 126 Å². The second-order valence-corrected chi connectivity index (χ2v) is 29.4. The predicted octanol–water partition coefficient (Wildman–Crippen LogP) is 17.0. The summed E-state index contributed by atoms with van der Waals surface area (Å²) in [6.45, 7) is 13.8. The second kappa shape index (κ2) is 35.1. The van der Waals surface area contributed by atoms with Crippen LogP contribution in [-0.2, 0) is 41.7 Å². The highest BCUT2D eigenvalue weighted by molar-refractivity contribution is 5.98. The lowest BCUT2D eigenvalue weighted by atomic mass is 9.47. The van der Waals surface area contributed by atoms with E-state index in [0.29, 0.717) is 65.9 Å². The summed E-state index contributed by atoms with van der Waals surface area (Å²) in [7, 11) is 3.20. The smallest absolute Gasteiger partial charge is 0.497 e. The van der Waals surface area contributed by atoms with E-state index >= 15 is 0 Å². The SMILES string of the molecule is COc1ccc(C[C@H](NC(=O)CCC(=O)NCCCO[C@H]2CC[C@@]3(C)C(=CC[C@H]4[C@@H]5CC[C@H]([C@H](C)CCCC(C)C)[C@@]5(C)CC[C@@H]43)C2)C(=O)N[C@@H](CCCC[N+](c2ccccc2)(c2ccccc2)c2ccc(OC)cc2)C(=O)Nc2ccc(COC(=O)Oc3ccc([N+](=O)[O-])cc3)cc2)cc1. The Morgan fingerprint density at radius 3 is 1.91 bits per heavy atom. The number of rotatable bonds is 34. The van der Waals surface area contributed by atoms with Gasteiger partial charge in [0.25, 0.3) is 5.69 Å². The summed E-state index contributed by atoms with van der Waals surface area (Å²) in [5.74, 6) is 4.32. The van der Waals surface area contributed by atoms with E-state index in [9.17, 15) is 34.1 Å². The number of ether oxygens (including phenoxy) is 5. The number of methoxy groups -OCH3 is 2. The minimum Gasteiger partial charge on any atom is -0.497 e. The van der Waals surface area contributed by atoms with Crippen molar-refractivity contribution in [2.45, 2.75) is 175 Å². The van der Waals surface area contributed by atoms with E-state index in [2.05, 4.69) is 98.4 Å². The summed E-state index contributed by atoms with van der Waals surface area (Å²) in [4.78, 5) is 80.0. The molecule has 6 aromatic rings. The highest BCUT2D eigenvalue weighted by atomic mass is 16.7. The maximum absolute atomic E-state index is 14.9. The van der Waals surface area contributed by atoms with Crippen molar-refractivity contribution in [3.63, 3.8) is 0 Å². The zero-order chi connectivity index (χ0) is 71.5. The van der Waals surface area contributed by atoms with Crippen LogP contribution in [0.5, 0.6) is 17.2 Å². The minimum absolute atomic E-state index is 0.0697. The number of allylic oxidation sites excluding steroid dienone is 1. The number of nitro benzene ring substituents is 1. The molecule has 10 atom stereocenters. The fourth-order valence-electron chi connectivity index (χ4n) is 17.2. The van der Waals surface area contributed by atoms with Gasteiger partial charge >= 0.3 is 6.16 Å². The van der Waals surface area contributed by atoms with Crippen LogP contribution in [0, 0.1) is 56.5 Å². The maximum Gasteiger partial charge on any atom is 0.514 e. The second-order valence-electron chi connectivity index (χ2n) is 29.4. The summed E-state index contributed by atoms with van der Waals surface area (Å²) < 4.78 is 28.4. The molecule has 0 spiro atoms. The number of non-ortho nitro benzene ring substituents is 1. The third-order valence-corrected chi connectivity index (χ3v) is 22.7. The van der Waals surface area contributed by atoms with E-state index in [1.165, 1.54) is 75.6 Å². The van der Waals surface area contributed by atoms with Crippen LogP contribution < -0.4 is 40.0 Å². The molecule has 4 N–H and O–H groups in total. The minimum atomic E-state index is -1.15. The van der Waals surface area contributed by atoms with Crippen molar-refractivity contribution < 1.29 is 52.6 Å². The number of anilines is 1. The first-order valence-corrected chi connectivity index (χ1v) is 36.7. The fourth-order valence-corrected chi connectivity index (χ4v) is 17.2. The molecule has 18 heteroatoms. The molecule has 4 aliphatic carbocycles. The van der Waals surface area contributed by atoms with Gasteiger partial charge in [-0.25, -0.2) is 9.28 Å². The molecule has 0 saturated heterocycles. The lowest BCUT2D eigenvalue weighted by Crippen LogP contribution is -2.53. The first kappa shape index (κ1) is 74.8. The van der Waals surface area contributed by atoms with Crippen LogP contribution in [0.25, 0.3) is 0 Å². The van der Waals surface area contributed by atoms with Crippen LogP contribution in [0.3, 0.4) is 0 Å². The molecular weight excluding hydrogens is 1270 g/mol. The molecule has 3 fully saturated rings. The van der Waals surface area contributed by atoms with Gasteiger partial charge in [0.1, 0.15) is 53.0 Å². The summed E-state index contributed by atoms with van der Waals surface area (Å²) in [5, 5.41) is 23.0. The van der Waals surface area contributed by atoms with Gasteiger partial charge in [-0.3, -0.25) is 29.3 Å². The van der Waals surface area contributed by atoms with Gasteiger partial charge in [0, 0.05) is 62.4 Å². The number of nitro groups is 1. The molecule has 0 heterocycles. The van der Waals surface area contributed by atoms with Crippen LogP contribution in [0.1, 0.15) is 155 Å². The van der Waals surface area contributed by atoms with Gasteiger partial charge in [0.05, 0.1) is 31.8 Å². The molecule has 10 rings (SSSR count). The highest BCUT2D eigenvalue weighted by Crippen LogP contribution is 2.67. The molecule has 4 aliphatic rings. The average Bonchev–Trinajstić information content (AvgIpc) is 1.63. The summed E-state index contributed by atoms with van der Waals surface area (Å²) in [5.41, 5.74) is 6.90. The number of fused-ring (bicyclic) bond motifs is 5. The number of hydrogen-bond acceptors (Lipinski definition) is 12. The fraction of sp³-hybridized carbons (Fsp3) is 0.482. The summed E-state index contributed by atoms with van der Waals surface area (Å²) >= 11 is 0. The normalized spacial score (nSPS) is 21.6. The number of nitrogens with zero attached hydrogens (tertiary/aromatic N) is 2. The monoisotopic (exact) mass is 1380 g/mol. The molecule has 6 aromatic carbocycles. The molecule has 0 unspecified atom stereocenters. The van der Waals surface area contributed by atoms with Crippen molar-refractivity contribution in [3.05, 3.63) is 191 Å². The topological polar surface area (TPSA) is 223 Å². The lowest BCUT2D eigenvalue weighted by Gasteiger charge is -2.58. The summed E-state index contributed by atoms with van der Waals surface area (Å²) in [6, 6.07) is 45.1. The Kier molecular flexibility index (Phi) is 26.0. The number of hydrogen-bond donors (Lipinski definition) is 4. The summed E-state index contributed by atoms with van der Waals surface area (Å²) in [6.07, 6.45) is 17.5. The number of quaternary nitrogens is 1. The van der Waals surface area contributed by atoms with E-state index in [1.54, 1.807) is 56.2 Å². The Labute approximate surface area is 596 Å². The number of carbonyl (C=O) groups is 5. The van der Waals surface area contributed by atoms with Crippen molar-refractivity contribution in [1.29, 1.82) is 0 Å². The molecule has 0 aliphatic heterocycles. The van der Waals surface area contributed by atoms with Gasteiger partial charge in [0.2, 0.25) is 23.6 Å². The number of nitrogens with one attached hydrogen (secondary N) is 4. The van der Waals surface area contributed by atoms with Crippen LogP contribution in [-0.4, -0.2) is 86.8 Å². The van der Waals surface area contributed by atoms with Gasteiger partial charge in [0.15, 0.2) is 0 Å². The number of para-hydroxylation sites is 2. The first-order chi connectivity index (χ1) is 48.8. The Hall–Kier alpha value is -8.87. The number of benzene rings is 6.